The molecule has 0 bridgehead atoms. The van der Waals surface area contributed by atoms with Crippen LogP contribution in [0.4, 0.5) is 10.8 Å². The number of benzene rings is 3. The van der Waals surface area contributed by atoms with Gasteiger partial charge in [-0.3, -0.25) is 14.4 Å². The molecule has 0 aliphatic heterocycles. The fourth-order valence-electron chi connectivity index (χ4n) is 3.44. The number of anilines is 2. The van der Waals surface area contributed by atoms with Crippen LogP contribution in [0.5, 0.6) is 5.75 Å². The maximum atomic E-state index is 13.6. The maximum Gasteiger partial charge on any atom is 0.264 e. The van der Waals surface area contributed by atoms with Gasteiger partial charge in [0.1, 0.15) is 17.3 Å². The van der Waals surface area contributed by atoms with Crippen LogP contribution in [0.1, 0.15) is 12.5 Å². The number of aromatic nitrogens is 2. The van der Waals surface area contributed by atoms with Crippen molar-refractivity contribution in [1.82, 2.24) is 10.2 Å². The van der Waals surface area contributed by atoms with Gasteiger partial charge in [-0.1, -0.05) is 41.2 Å². The molecular formula is C26H26N4O4S3. The lowest BCUT2D eigenvalue weighted by Crippen LogP contribution is -2.38. The second-order valence-electron chi connectivity index (χ2n) is 7.94. The summed E-state index contributed by atoms with van der Waals surface area (Å²) in [5.74, 6) is 0.0691. The Morgan fingerprint density at radius 2 is 1.68 bits per heavy atom. The van der Waals surface area contributed by atoms with Crippen molar-refractivity contribution in [2.24, 2.45) is 0 Å². The summed E-state index contributed by atoms with van der Waals surface area (Å²) in [6.45, 7) is 3.90. The summed E-state index contributed by atoms with van der Waals surface area (Å²) in [5.41, 5.74) is 2.35. The van der Waals surface area contributed by atoms with Gasteiger partial charge < -0.3 is 4.74 Å². The van der Waals surface area contributed by atoms with Crippen molar-refractivity contribution in [3.63, 3.8) is 0 Å². The van der Waals surface area contributed by atoms with Crippen LogP contribution in [-0.4, -0.2) is 43.9 Å². The van der Waals surface area contributed by atoms with Crippen molar-refractivity contribution in [1.29, 1.82) is 0 Å². The monoisotopic (exact) mass is 554 g/mol. The number of rotatable bonds is 10. The van der Waals surface area contributed by atoms with Crippen molar-refractivity contribution < 1.29 is 17.9 Å². The standard InChI is InChI=1S/C26H26N4O4S3/c1-4-34-21-11-9-20(10-12-21)30(37(32,33)23-15-13-22(35-3)14-16-23)17-24(31)27-26-29-28-25(36-26)19-7-5-18(2)6-8-19/h5-16H,4,17H2,1-3H3,(H,27,29,31). The van der Waals surface area contributed by atoms with Crippen LogP contribution in [0.15, 0.2) is 82.6 Å². The molecule has 3 aromatic carbocycles. The molecule has 192 valence electrons. The van der Waals surface area contributed by atoms with E-state index in [0.717, 1.165) is 20.3 Å². The van der Waals surface area contributed by atoms with Crippen LogP contribution >= 0.6 is 23.1 Å². The van der Waals surface area contributed by atoms with E-state index in [4.69, 9.17) is 4.74 Å². The lowest BCUT2D eigenvalue weighted by atomic mass is 10.2. The maximum absolute atomic E-state index is 13.6. The summed E-state index contributed by atoms with van der Waals surface area (Å²) in [6, 6.07) is 21.0. The molecule has 37 heavy (non-hydrogen) atoms. The molecule has 0 spiro atoms. The number of ether oxygens (including phenoxy) is 1. The highest BCUT2D eigenvalue weighted by Crippen LogP contribution is 2.29. The number of hydrogen-bond donors (Lipinski definition) is 1. The third kappa shape index (κ3) is 6.48. The average Bonchev–Trinajstić information content (AvgIpc) is 3.36. The van der Waals surface area contributed by atoms with Crippen molar-refractivity contribution in [3.05, 3.63) is 78.4 Å². The molecule has 1 N–H and O–H groups in total. The topological polar surface area (TPSA) is 101 Å². The van der Waals surface area contributed by atoms with Gasteiger partial charge in [0, 0.05) is 10.5 Å². The molecule has 0 saturated carbocycles. The van der Waals surface area contributed by atoms with E-state index in [9.17, 15) is 13.2 Å². The zero-order valence-corrected chi connectivity index (χ0v) is 23.0. The van der Waals surface area contributed by atoms with Crippen LogP contribution in [0.25, 0.3) is 10.6 Å². The van der Waals surface area contributed by atoms with Crippen LogP contribution in [0.3, 0.4) is 0 Å². The van der Waals surface area contributed by atoms with E-state index in [1.54, 1.807) is 48.5 Å². The largest absolute Gasteiger partial charge is 0.494 e. The molecule has 0 radical (unpaired) electrons. The summed E-state index contributed by atoms with van der Waals surface area (Å²) in [4.78, 5) is 14.1. The summed E-state index contributed by atoms with van der Waals surface area (Å²) in [6.07, 6.45) is 1.91. The van der Waals surface area contributed by atoms with Crippen molar-refractivity contribution in [2.45, 2.75) is 23.6 Å². The molecule has 0 aliphatic carbocycles. The first kappa shape index (κ1) is 26.6. The zero-order chi connectivity index (χ0) is 26.4. The van der Waals surface area contributed by atoms with E-state index in [1.807, 2.05) is 44.4 Å². The molecular weight excluding hydrogens is 529 g/mol. The molecule has 0 unspecified atom stereocenters. The van der Waals surface area contributed by atoms with Crippen LogP contribution < -0.4 is 14.4 Å². The number of thioether (sulfide) groups is 1. The smallest absolute Gasteiger partial charge is 0.264 e. The van der Waals surface area contributed by atoms with Crippen LogP contribution in [0.2, 0.25) is 0 Å². The third-order valence-corrected chi connectivity index (χ3v) is 8.76. The Hall–Kier alpha value is -3.41. The summed E-state index contributed by atoms with van der Waals surface area (Å²) in [7, 11) is -4.04. The highest BCUT2D eigenvalue weighted by Gasteiger charge is 2.28. The number of nitrogens with zero attached hydrogens (tertiary/aromatic N) is 3. The normalized spacial score (nSPS) is 11.2. The quantitative estimate of drug-likeness (QED) is 0.260. The SMILES string of the molecule is CCOc1ccc(N(CC(=O)Nc2nnc(-c3ccc(C)cc3)s2)S(=O)(=O)c2ccc(SC)cc2)cc1. The number of carbonyl (C=O) groups excluding carboxylic acids is 1. The van der Waals surface area contributed by atoms with Gasteiger partial charge >= 0.3 is 0 Å². The Labute approximate surface area is 224 Å². The number of aryl methyl sites for hydroxylation is 1. The second kappa shape index (κ2) is 11.8. The van der Waals surface area contributed by atoms with Crippen molar-refractivity contribution in [3.8, 4) is 16.3 Å². The molecule has 4 rings (SSSR count). The highest BCUT2D eigenvalue weighted by atomic mass is 32.2. The zero-order valence-electron chi connectivity index (χ0n) is 20.5. The summed E-state index contributed by atoms with van der Waals surface area (Å²) in [5, 5.41) is 11.8. The Morgan fingerprint density at radius 1 is 1.00 bits per heavy atom. The van der Waals surface area contributed by atoms with Gasteiger partial charge in [-0.05, 0) is 68.6 Å². The minimum absolute atomic E-state index is 0.0876. The van der Waals surface area contributed by atoms with E-state index in [0.29, 0.717) is 23.1 Å². The van der Waals surface area contributed by atoms with Crippen molar-refractivity contribution >= 4 is 49.8 Å². The van der Waals surface area contributed by atoms with Gasteiger partial charge in [0.05, 0.1) is 17.2 Å². The van der Waals surface area contributed by atoms with Crippen molar-refractivity contribution in [2.75, 3.05) is 29.0 Å². The van der Waals surface area contributed by atoms with Gasteiger partial charge in [0.2, 0.25) is 11.0 Å². The first-order chi connectivity index (χ1) is 17.8. The van der Waals surface area contributed by atoms with E-state index in [1.165, 1.54) is 23.1 Å². The predicted molar refractivity (Wildman–Crippen MR) is 149 cm³/mol. The Balaban J connectivity index is 1.58. The Kier molecular flexibility index (Phi) is 8.47. The second-order valence-corrected chi connectivity index (χ2v) is 11.7. The molecule has 0 atom stereocenters. The number of hydrogen-bond acceptors (Lipinski definition) is 8. The minimum atomic E-state index is -4.04. The Bertz CT molecular complexity index is 1450. The third-order valence-electron chi connectivity index (χ3n) is 5.34. The lowest BCUT2D eigenvalue weighted by molar-refractivity contribution is -0.114. The first-order valence-corrected chi connectivity index (χ1v) is 14.9. The number of carbonyl (C=O) groups is 1. The molecule has 1 heterocycles. The fraction of sp³-hybridized carbons (Fsp3) is 0.192. The molecule has 1 aromatic heterocycles. The van der Waals surface area contributed by atoms with Gasteiger partial charge in [0.25, 0.3) is 10.0 Å². The molecule has 0 saturated heterocycles. The van der Waals surface area contributed by atoms with E-state index in [2.05, 4.69) is 15.5 Å². The van der Waals surface area contributed by atoms with Gasteiger partial charge in [0.15, 0.2) is 0 Å². The Morgan fingerprint density at radius 3 is 2.30 bits per heavy atom. The van der Waals surface area contributed by atoms with Gasteiger partial charge in [-0.2, -0.15) is 0 Å². The number of nitrogens with one attached hydrogen (secondary N) is 1. The molecule has 4 aromatic rings. The lowest BCUT2D eigenvalue weighted by Gasteiger charge is -2.24. The molecule has 11 heteroatoms. The molecule has 0 fully saturated rings. The van der Waals surface area contributed by atoms with Gasteiger partial charge in [-0.15, -0.1) is 22.0 Å². The summed E-state index contributed by atoms with van der Waals surface area (Å²) < 4.78 is 33.8. The predicted octanol–water partition coefficient (Wildman–Crippen LogP) is 5.47. The molecule has 0 aliphatic rings. The van der Waals surface area contributed by atoms with Crippen LogP contribution in [0, 0.1) is 6.92 Å². The summed E-state index contributed by atoms with van der Waals surface area (Å²) >= 11 is 2.73. The number of sulfonamides is 1. The van der Waals surface area contributed by atoms with Crippen LogP contribution in [-0.2, 0) is 14.8 Å². The first-order valence-electron chi connectivity index (χ1n) is 11.4. The molecule has 1 amide bonds. The average molecular weight is 555 g/mol. The molecule has 8 nitrogen and oxygen atoms in total. The highest BCUT2D eigenvalue weighted by molar-refractivity contribution is 7.98. The van der Waals surface area contributed by atoms with E-state index < -0.39 is 22.5 Å². The van der Waals surface area contributed by atoms with Gasteiger partial charge in [-0.25, -0.2) is 8.42 Å². The van der Waals surface area contributed by atoms with E-state index in [-0.39, 0.29) is 10.0 Å². The minimum Gasteiger partial charge on any atom is -0.494 e. The fourth-order valence-corrected chi connectivity index (χ4v) is 6.04. The van der Waals surface area contributed by atoms with E-state index >= 15 is 0 Å². The number of amides is 1.